The summed E-state index contributed by atoms with van der Waals surface area (Å²) < 4.78 is 35.4. The lowest BCUT2D eigenvalue weighted by Crippen LogP contribution is -2.08. The summed E-state index contributed by atoms with van der Waals surface area (Å²) in [5.74, 6) is 0. The predicted octanol–water partition coefficient (Wildman–Crippen LogP) is 3.88. The van der Waals surface area contributed by atoms with Crippen LogP contribution in [-0.2, 0) is 0 Å². The lowest BCUT2D eigenvalue weighted by molar-refractivity contribution is -0.135. The average Bonchev–Trinajstić information content (AvgIpc) is 2.15. The Morgan fingerprint density at radius 2 is 2.06 bits per heavy atom. The number of aromatic nitrogens is 1. The Morgan fingerprint density at radius 1 is 1.31 bits per heavy atom. The minimum Gasteiger partial charge on any atom is -0.385 e. The highest BCUT2D eigenvalue weighted by molar-refractivity contribution is 6.29. The molecule has 16 heavy (non-hydrogen) atoms. The largest absolute Gasteiger partial charge is 0.389 e. The van der Waals surface area contributed by atoms with Crippen molar-refractivity contribution in [2.24, 2.45) is 0 Å². The Morgan fingerprint density at radius 3 is 2.69 bits per heavy atom. The van der Waals surface area contributed by atoms with Crippen LogP contribution in [0.15, 0.2) is 18.3 Å². The fourth-order valence-electron chi connectivity index (χ4n) is 1.20. The molecule has 0 aliphatic heterocycles. The van der Waals surface area contributed by atoms with Gasteiger partial charge in [0.05, 0.1) is 0 Å². The molecular formula is C10H12ClF3N2. The summed E-state index contributed by atoms with van der Waals surface area (Å²) >= 11 is 5.64. The predicted molar refractivity (Wildman–Crippen MR) is 57.6 cm³/mol. The summed E-state index contributed by atoms with van der Waals surface area (Å²) in [6.45, 7) is 0.496. The highest BCUT2D eigenvalue weighted by atomic mass is 35.5. The van der Waals surface area contributed by atoms with E-state index in [2.05, 4.69) is 10.3 Å². The van der Waals surface area contributed by atoms with Gasteiger partial charge in [0.1, 0.15) is 5.15 Å². The molecule has 0 atom stereocenters. The molecule has 1 aromatic heterocycles. The Labute approximate surface area is 96.8 Å². The van der Waals surface area contributed by atoms with Crippen LogP contribution in [0.2, 0.25) is 5.15 Å². The first kappa shape index (κ1) is 13.1. The maximum atomic E-state index is 11.8. The molecule has 0 aliphatic carbocycles. The maximum Gasteiger partial charge on any atom is 0.389 e. The van der Waals surface area contributed by atoms with E-state index in [9.17, 15) is 13.2 Å². The normalized spacial score (nSPS) is 11.5. The smallest absolute Gasteiger partial charge is 0.385 e. The van der Waals surface area contributed by atoms with Crippen molar-refractivity contribution in [3.05, 3.63) is 23.5 Å². The van der Waals surface area contributed by atoms with Crippen molar-refractivity contribution < 1.29 is 13.2 Å². The standard InChI is InChI=1S/C10H12ClF3N2/c11-9-7-8(3-6-16-9)15-5-2-1-4-10(12,13)14/h3,6-7H,1-2,4-5H2,(H,15,16). The first-order chi connectivity index (χ1) is 7.47. The zero-order valence-corrected chi connectivity index (χ0v) is 9.28. The number of rotatable bonds is 5. The Bertz CT molecular complexity index is 328. The van der Waals surface area contributed by atoms with Crippen molar-refractivity contribution in [1.29, 1.82) is 0 Å². The monoisotopic (exact) mass is 252 g/mol. The van der Waals surface area contributed by atoms with Crippen molar-refractivity contribution in [2.75, 3.05) is 11.9 Å². The third-order valence-corrected chi connectivity index (χ3v) is 2.15. The first-order valence-corrected chi connectivity index (χ1v) is 5.27. The molecule has 0 saturated heterocycles. The first-order valence-electron chi connectivity index (χ1n) is 4.89. The van der Waals surface area contributed by atoms with Gasteiger partial charge in [-0.25, -0.2) is 4.98 Å². The number of unbranched alkanes of at least 4 members (excludes halogenated alkanes) is 1. The zero-order chi connectivity index (χ0) is 12.0. The van der Waals surface area contributed by atoms with Crippen molar-refractivity contribution in [3.8, 4) is 0 Å². The zero-order valence-electron chi connectivity index (χ0n) is 8.52. The molecule has 0 radical (unpaired) electrons. The van der Waals surface area contributed by atoms with E-state index in [4.69, 9.17) is 11.6 Å². The highest BCUT2D eigenvalue weighted by Gasteiger charge is 2.25. The third-order valence-electron chi connectivity index (χ3n) is 1.94. The number of alkyl halides is 3. The Hall–Kier alpha value is -0.970. The van der Waals surface area contributed by atoms with Gasteiger partial charge in [-0.2, -0.15) is 13.2 Å². The Balaban J connectivity index is 2.17. The van der Waals surface area contributed by atoms with E-state index in [0.717, 1.165) is 5.69 Å². The van der Waals surface area contributed by atoms with Crippen LogP contribution in [0.25, 0.3) is 0 Å². The van der Waals surface area contributed by atoms with E-state index in [1.807, 2.05) is 0 Å². The van der Waals surface area contributed by atoms with Crippen molar-refractivity contribution >= 4 is 17.3 Å². The topological polar surface area (TPSA) is 24.9 Å². The molecule has 0 aromatic carbocycles. The van der Waals surface area contributed by atoms with E-state index in [-0.39, 0.29) is 6.42 Å². The van der Waals surface area contributed by atoms with Gasteiger partial charge in [-0.3, -0.25) is 0 Å². The number of nitrogens with zero attached hydrogens (tertiary/aromatic N) is 1. The molecule has 90 valence electrons. The number of pyridine rings is 1. The minimum absolute atomic E-state index is 0.134. The number of hydrogen-bond donors (Lipinski definition) is 1. The molecule has 0 saturated carbocycles. The summed E-state index contributed by atoms with van der Waals surface area (Å²) in [4.78, 5) is 3.79. The van der Waals surface area contributed by atoms with Crippen LogP contribution in [0.1, 0.15) is 19.3 Å². The summed E-state index contributed by atoms with van der Waals surface area (Å²) in [5.41, 5.74) is 0.770. The summed E-state index contributed by atoms with van der Waals surface area (Å²) in [6.07, 6.45) is -2.64. The molecule has 1 heterocycles. The second-order valence-corrected chi connectivity index (χ2v) is 3.75. The molecule has 2 nitrogen and oxygen atoms in total. The molecule has 1 rings (SSSR count). The fraction of sp³-hybridized carbons (Fsp3) is 0.500. The summed E-state index contributed by atoms with van der Waals surface area (Å²) in [6, 6.07) is 3.35. The molecule has 6 heteroatoms. The van der Waals surface area contributed by atoms with Crippen molar-refractivity contribution in [1.82, 2.24) is 4.98 Å². The van der Waals surface area contributed by atoms with Gasteiger partial charge in [0.25, 0.3) is 0 Å². The van der Waals surface area contributed by atoms with Crippen molar-refractivity contribution in [2.45, 2.75) is 25.4 Å². The van der Waals surface area contributed by atoms with Gasteiger partial charge in [0.2, 0.25) is 0 Å². The van der Waals surface area contributed by atoms with E-state index >= 15 is 0 Å². The van der Waals surface area contributed by atoms with Crippen LogP contribution < -0.4 is 5.32 Å². The van der Waals surface area contributed by atoms with Gasteiger partial charge in [0.15, 0.2) is 0 Å². The van der Waals surface area contributed by atoms with Crippen LogP contribution in [0.5, 0.6) is 0 Å². The fourth-order valence-corrected chi connectivity index (χ4v) is 1.37. The molecule has 0 bridgehead atoms. The van der Waals surface area contributed by atoms with Gasteiger partial charge in [0, 0.05) is 24.8 Å². The van der Waals surface area contributed by atoms with Gasteiger partial charge in [-0.1, -0.05) is 11.6 Å². The van der Waals surface area contributed by atoms with Crippen LogP contribution in [0.3, 0.4) is 0 Å². The second-order valence-electron chi connectivity index (χ2n) is 3.37. The third kappa shape index (κ3) is 5.80. The lowest BCUT2D eigenvalue weighted by Gasteiger charge is -2.07. The molecule has 0 amide bonds. The van der Waals surface area contributed by atoms with Crippen LogP contribution in [0, 0.1) is 0 Å². The van der Waals surface area contributed by atoms with Crippen LogP contribution in [-0.4, -0.2) is 17.7 Å². The van der Waals surface area contributed by atoms with Gasteiger partial charge in [-0.15, -0.1) is 0 Å². The molecule has 1 aromatic rings. The lowest BCUT2D eigenvalue weighted by atomic mass is 10.2. The second kappa shape index (κ2) is 5.94. The van der Waals surface area contributed by atoms with E-state index in [0.29, 0.717) is 18.1 Å². The SMILES string of the molecule is FC(F)(F)CCCCNc1ccnc(Cl)c1. The molecule has 0 fully saturated rings. The van der Waals surface area contributed by atoms with Crippen LogP contribution >= 0.6 is 11.6 Å². The minimum atomic E-state index is -4.06. The molecule has 1 N–H and O–H groups in total. The number of hydrogen-bond acceptors (Lipinski definition) is 2. The van der Waals surface area contributed by atoms with Gasteiger partial charge < -0.3 is 5.32 Å². The van der Waals surface area contributed by atoms with Crippen molar-refractivity contribution in [3.63, 3.8) is 0 Å². The maximum absolute atomic E-state index is 11.8. The number of halogens is 4. The van der Waals surface area contributed by atoms with E-state index in [1.54, 1.807) is 18.3 Å². The molecule has 0 spiro atoms. The quantitative estimate of drug-likeness (QED) is 0.635. The molecular weight excluding hydrogens is 241 g/mol. The summed E-state index contributed by atoms with van der Waals surface area (Å²) in [5, 5.41) is 3.34. The van der Waals surface area contributed by atoms with Gasteiger partial charge in [-0.05, 0) is 25.0 Å². The van der Waals surface area contributed by atoms with Gasteiger partial charge >= 0.3 is 6.18 Å². The summed E-state index contributed by atoms with van der Waals surface area (Å²) in [7, 11) is 0. The van der Waals surface area contributed by atoms with E-state index in [1.165, 1.54) is 0 Å². The average molecular weight is 253 g/mol. The number of anilines is 1. The number of nitrogens with one attached hydrogen (secondary N) is 1. The molecule has 0 aliphatic rings. The molecule has 0 unspecified atom stereocenters. The van der Waals surface area contributed by atoms with Crippen LogP contribution in [0.4, 0.5) is 18.9 Å². The highest BCUT2D eigenvalue weighted by Crippen LogP contribution is 2.22. The van der Waals surface area contributed by atoms with E-state index < -0.39 is 12.6 Å². The Kier molecular flexibility index (Phi) is 4.86.